The smallest absolute Gasteiger partial charge is 0.189 e. The van der Waals surface area contributed by atoms with E-state index in [1.54, 1.807) is 25.3 Å². The first-order valence-electron chi connectivity index (χ1n) is 9.81. The van der Waals surface area contributed by atoms with Gasteiger partial charge in [-0.1, -0.05) is 18.2 Å². The highest BCUT2D eigenvalue weighted by Gasteiger charge is 2.20. The van der Waals surface area contributed by atoms with Crippen molar-refractivity contribution < 1.29 is 14.6 Å². The molecule has 0 bridgehead atoms. The molecule has 0 spiro atoms. The fraction of sp³-hybridized carbons (Fsp3) is 0.348. The Bertz CT molecular complexity index is 870. The van der Waals surface area contributed by atoms with E-state index in [1.165, 1.54) is 6.08 Å². The molecule has 6 nitrogen and oxygen atoms in total. The number of hydrogen-bond donors (Lipinski definition) is 2. The number of ketones is 1. The number of rotatable bonds is 7. The summed E-state index contributed by atoms with van der Waals surface area (Å²) < 4.78 is 5.43. The summed E-state index contributed by atoms with van der Waals surface area (Å²) in [6, 6.07) is 11.3. The fourth-order valence-corrected chi connectivity index (χ4v) is 3.40. The number of hydrogen-bond acceptors (Lipinski definition) is 6. The first-order chi connectivity index (χ1) is 14.0. The van der Waals surface area contributed by atoms with E-state index in [9.17, 15) is 9.90 Å². The van der Waals surface area contributed by atoms with Gasteiger partial charge in [0.15, 0.2) is 5.78 Å². The highest BCUT2D eigenvalue weighted by molar-refractivity contribution is 6.09. The topological polar surface area (TPSA) is 65.0 Å². The Kier molecular flexibility index (Phi) is 6.90. The molecule has 154 valence electrons. The molecule has 1 aliphatic rings. The van der Waals surface area contributed by atoms with E-state index < -0.39 is 0 Å². The number of nitrogens with zero attached hydrogens (tertiary/aromatic N) is 2. The van der Waals surface area contributed by atoms with Crippen molar-refractivity contribution in [2.45, 2.75) is 6.54 Å². The van der Waals surface area contributed by atoms with Crippen LogP contribution in [0.5, 0.6) is 11.5 Å². The number of benzene rings is 2. The van der Waals surface area contributed by atoms with Gasteiger partial charge >= 0.3 is 0 Å². The number of nitrogens with one attached hydrogen (secondary N) is 1. The Morgan fingerprint density at radius 1 is 1.17 bits per heavy atom. The molecule has 3 rings (SSSR count). The molecule has 6 heteroatoms. The molecule has 2 N–H and O–H groups in total. The van der Waals surface area contributed by atoms with Gasteiger partial charge in [0.25, 0.3) is 0 Å². The van der Waals surface area contributed by atoms with E-state index in [2.05, 4.69) is 10.2 Å². The Balaban J connectivity index is 1.79. The second-order valence-electron chi connectivity index (χ2n) is 7.35. The number of methoxy groups -OCH3 is 1. The summed E-state index contributed by atoms with van der Waals surface area (Å²) in [5.41, 5.74) is 2.97. The molecule has 0 radical (unpaired) electrons. The fourth-order valence-electron chi connectivity index (χ4n) is 3.40. The van der Waals surface area contributed by atoms with Crippen molar-refractivity contribution in [2.24, 2.45) is 0 Å². The molecular formula is C23H29N3O3. The van der Waals surface area contributed by atoms with Crippen LogP contribution in [0.3, 0.4) is 0 Å². The third-order valence-corrected chi connectivity index (χ3v) is 5.15. The molecule has 1 fully saturated rings. The molecule has 0 saturated carbocycles. The van der Waals surface area contributed by atoms with Crippen LogP contribution in [-0.4, -0.2) is 63.2 Å². The first kappa shape index (κ1) is 20.9. The van der Waals surface area contributed by atoms with Gasteiger partial charge in [-0.2, -0.15) is 0 Å². The third kappa shape index (κ3) is 5.16. The molecule has 0 aliphatic carbocycles. The van der Waals surface area contributed by atoms with Crippen molar-refractivity contribution in [1.82, 2.24) is 10.2 Å². The minimum Gasteiger partial charge on any atom is -0.507 e. The summed E-state index contributed by atoms with van der Waals surface area (Å²) in [5, 5.41) is 14.1. The number of ether oxygens (including phenoxy) is 1. The van der Waals surface area contributed by atoms with Gasteiger partial charge in [0.1, 0.15) is 11.5 Å². The van der Waals surface area contributed by atoms with Gasteiger partial charge in [-0.05, 0) is 35.9 Å². The van der Waals surface area contributed by atoms with E-state index in [-0.39, 0.29) is 17.1 Å². The molecule has 1 saturated heterocycles. The zero-order chi connectivity index (χ0) is 20.8. The first-order valence-corrected chi connectivity index (χ1v) is 9.81. The van der Waals surface area contributed by atoms with Crippen LogP contribution in [0.4, 0.5) is 5.69 Å². The highest BCUT2D eigenvalue weighted by Crippen LogP contribution is 2.33. The van der Waals surface area contributed by atoms with Crippen LogP contribution in [0.15, 0.2) is 42.5 Å². The van der Waals surface area contributed by atoms with E-state index in [0.717, 1.165) is 37.4 Å². The number of aromatic hydroxyl groups is 1. The number of phenolic OH excluding ortho intramolecular Hbond substituents is 1. The molecule has 2 aromatic carbocycles. The van der Waals surface area contributed by atoms with Crippen molar-refractivity contribution in [2.75, 3.05) is 52.3 Å². The maximum atomic E-state index is 12.7. The quantitative estimate of drug-likeness (QED) is 0.555. The average molecular weight is 396 g/mol. The Morgan fingerprint density at radius 3 is 2.48 bits per heavy atom. The van der Waals surface area contributed by atoms with Gasteiger partial charge in [0.05, 0.1) is 18.2 Å². The SMILES string of the molecule is COc1ccc(C(=O)/C=C/c2ccc(N(C)C)cc2)c(O)c1CN1CCNCC1. The summed E-state index contributed by atoms with van der Waals surface area (Å²) in [4.78, 5) is 17.0. The Hall–Kier alpha value is -2.83. The number of carbonyl (C=O) groups excluding carboxylic acids is 1. The number of anilines is 1. The van der Waals surface area contributed by atoms with Crippen LogP contribution in [0, 0.1) is 0 Å². The van der Waals surface area contributed by atoms with Crippen LogP contribution < -0.4 is 15.0 Å². The lowest BCUT2D eigenvalue weighted by molar-refractivity contribution is 0.104. The predicted molar refractivity (Wildman–Crippen MR) is 117 cm³/mol. The minimum atomic E-state index is -0.233. The van der Waals surface area contributed by atoms with Gasteiger partial charge in [-0.25, -0.2) is 0 Å². The number of carbonyl (C=O) groups is 1. The zero-order valence-electron chi connectivity index (χ0n) is 17.3. The van der Waals surface area contributed by atoms with Crippen LogP contribution in [0.1, 0.15) is 21.5 Å². The van der Waals surface area contributed by atoms with Crippen molar-refractivity contribution in [3.63, 3.8) is 0 Å². The van der Waals surface area contributed by atoms with E-state index in [0.29, 0.717) is 17.9 Å². The normalized spacial score (nSPS) is 14.9. The monoisotopic (exact) mass is 395 g/mol. The lowest BCUT2D eigenvalue weighted by Crippen LogP contribution is -2.42. The van der Waals surface area contributed by atoms with Crippen molar-refractivity contribution in [1.29, 1.82) is 0 Å². The van der Waals surface area contributed by atoms with Crippen molar-refractivity contribution in [3.05, 3.63) is 59.2 Å². The largest absolute Gasteiger partial charge is 0.507 e. The lowest BCUT2D eigenvalue weighted by atomic mass is 10.0. The van der Waals surface area contributed by atoms with E-state index >= 15 is 0 Å². The summed E-state index contributed by atoms with van der Waals surface area (Å²) in [5.74, 6) is 0.365. The van der Waals surface area contributed by atoms with E-state index in [1.807, 2.05) is 43.3 Å². The third-order valence-electron chi connectivity index (χ3n) is 5.15. The van der Waals surface area contributed by atoms with Crippen LogP contribution >= 0.6 is 0 Å². The maximum absolute atomic E-state index is 12.7. The van der Waals surface area contributed by atoms with Crippen molar-refractivity contribution >= 4 is 17.5 Å². The number of allylic oxidation sites excluding steroid dienone is 1. The molecule has 0 aromatic heterocycles. The molecule has 1 aliphatic heterocycles. The maximum Gasteiger partial charge on any atom is 0.189 e. The van der Waals surface area contributed by atoms with Crippen LogP contribution in [-0.2, 0) is 6.54 Å². The van der Waals surface area contributed by atoms with Gasteiger partial charge in [-0.15, -0.1) is 0 Å². The number of phenols is 1. The second kappa shape index (κ2) is 9.58. The molecular weight excluding hydrogens is 366 g/mol. The van der Waals surface area contributed by atoms with Gasteiger partial charge in [0, 0.05) is 52.5 Å². The van der Waals surface area contributed by atoms with Crippen molar-refractivity contribution in [3.8, 4) is 11.5 Å². The molecule has 0 amide bonds. The van der Waals surface area contributed by atoms with Gasteiger partial charge in [-0.3, -0.25) is 9.69 Å². The summed E-state index contributed by atoms with van der Waals surface area (Å²) in [6.07, 6.45) is 3.27. The van der Waals surface area contributed by atoms with Crippen LogP contribution in [0.25, 0.3) is 6.08 Å². The molecule has 1 heterocycles. The van der Waals surface area contributed by atoms with Gasteiger partial charge < -0.3 is 20.1 Å². The van der Waals surface area contributed by atoms with Gasteiger partial charge in [0.2, 0.25) is 0 Å². The highest BCUT2D eigenvalue weighted by atomic mass is 16.5. The predicted octanol–water partition coefficient (Wildman–Crippen LogP) is 2.77. The summed E-state index contributed by atoms with van der Waals surface area (Å²) >= 11 is 0. The Labute approximate surface area is 172 Å². The molecule has 0 atom stereocenters. The zero-order valence-corrected chi connectivity index (χ0v) is 17.3. The average Bonchev–Trinajstić information content (AvgIpc) is 2.74. The Morgan fingerprint density at radius 2 is 1.86 bits per heavy atom. The molecule has 29 heavy (non-hydrogen) atoms. The molecule has 2 aromatic rings. The van der Waals surface area contributed by atoms with Crippen LogP contribution in [0.2, 0.25) is 0 Å². The van der Waals surface area contributed by atoms with E-state index in [4.69, 9.17) is 4.74 Å². The summed E-state index contributed by atoms with van der Waals surface area (Å²) in [6.45, 7) is 4.16. The number of piperazine rings is 1. The summed E-state index contributed by atoms with van der Waals surface area (Å²) in [7, 11) is 5.55. The lowest BCUT2D eigenvalue weighted by Gasteiger charge is -2.28. The molecule has 0 unspecified atom stereocenters. The second-order valence-corrected chi connectivity index (χ2v) is 7.35. The minimum absolute atomic E-state index is 0.000452. The standard InChI is InChI=1S/C23H29N3O3/c1-25(2)18-7-4-17(5-8-18)6-10-21(27)19-9-11-22(29-3)20(23(19)28)16-26-14-12-24-13-15-26/h4-11,24,28H,12-16H2,1-3H3/b10-6+.